The molecule has 0 rings (SSSR count). The minimum absolute atomic E-state index is 0.0843. The molecule has 0 fully saturated rings. The lowest BCUT2D eigenvalue weighted by Gasteiger charge is -2.45. The fourth-order valence-corrected chi connectivity index (χ4v) is 15.8. The molecule has 0 spiro atoms. The van der Waals surface area contributed by atoms with Crippen LogP contribution >= 0.6 is 7.82 Å². The molecule has 0 aromatic heterocycles. The van der Waals surface area contributed by atoms with E-state index in [4.69, 9.17) is 39.9 Å². The normalized spacial score (nSPS) is 17.7. The molecule has 19 heteroatoms. The van der Waals surface area contributed by atoms with Crippen LogP contribution in [0.25, 0.3) is 0 Å². The molecule has 0 aliphatic rings. The summed E-state index contributed by atoms with van der Waals surface area (Å²) >= 11 is 0. The third-order valence-electron chi connectivity index (χ3n) is 5.31. The smallest absolute Gasteiger partial charge is 0.412 e. The summed E-state index contributed by atoms with van der Waals surface area (Å²) in [6.07, 6.45) is -2.72. The second-order valence-electron chi connectivity index (χ2n) is 19.1. The molecule has 0 amide bonds. The molecule has 0 heterocycles. The summed E-state index contributed by atoms with van der Waals surface area (Å²) in [5, 5.41) is 4.50. The molecule has 0 aliphatic heterocycles. The topological polar surface area (TPSA) is 113 Å². The van der Waals surface area contributed by atoms with Crippen LogP contribution in [0.5, 0.6) is 0 Å². The molecule has 0 aromatic rings. The first-order valence-electron chi connectivity index (χ1n) is 17.0. The Hall–Kier alpha value is 0.898. The summed E-state index contributed by atoms with van der Waals surface area (Å²) in [4.78, 5) is 5.42. The first kappa shape index (κ1) is 48.9. The van der Waals surface area contributed by atoms with E-state index in [9.17, 15) is 4.57 Å². The van der Waals surface area contributed by atoms with Crippen molar-refractivity contribution in [1.29, 1.82) is 0 Å². The van der Waals surface area contributed by atoms with Crippen LogP contribution in [0.1, 0.15) is 0 Å². The largest absolute Gasteiger partial charge is 0.455 e. The number of nitrogens with zero attached hydrogens (tertiary/aromatic N) is 1. The molecule has 0 aromatic carbocycles. The highest BCUT2D eigenvalue weighted by Crippen LogP contribution is 2.54. The average molecular weight is 824 g/mol. The fraction of sp³-hybridized carbons (Fsp3) is 0.966. The third kappa shape index (κ3) is 24.2. The Morgan fingerprint density at radius 1 is 0.542 bits per heavy atom. The Labute approximate surface area is 302 Å². The molecule has 48 heavy (non-hydrogen) atoms. The maximum atomic E-state index is 14.3. The van der Waals surface area contributed by atoms with Gasteiger partial charge in [-0.2, -0.15) is 0 Å². The molecule has 0 bridgehead atoms. The SMILES string of the molecule is CO/N=C(\CO[Si](C)(C)C)C(O[Si](C)(C)C)C(O[Si](C)(C)C)C(O[Si](C)(C)C)C(COP(=O)(O[Si](C)(C)C)O[Si](C)(C)C)O[Si](C)(C)C. The highest BCUT2D eigenvalue weighted by atomic mass is 31.2. The van der Waals surface area contributed by atoms with E-state index in [0.717, 1.165) is 0 Å². The maximum absolute atomic E-state index is 14.3. The van der Waals surface area contributed by atoms with Gasteiger partial charge >= 0.3 is 7.82 Å². The van der Waals surface area contributed by atoms with Gasteiger partial charge in [-0.1, -0.05) is 5.16 Å². The van der Waals surface area contributed by atoms with Crippen molar-refractivity contribution in [2.75, 3.05) is 20.3 Å². The van der Waals surface area contributed by atoms with Crippen LogP contribution in [-0.4, -0.2) is 109 Å². The molecule has 0 saturated carbocycles. The lowest BCUT2D eigenvalue weighted by atomic mass is 10.0. The van der Waals surface area contributed by atoms with Gasteiger partial charge in [0.15, 0.2) is 58.2 Å². The number of hydrogen-bond acceptors (Lipinski definition) is 11. The minimum atomic E-state index is -3.96. The lowest BCUT2D eigenvalue weighted by molar-refractivity contribution is -0.0757. The van der Waals surface area contributed by atoms with Crippen LogP contribution in [-0.2, 0) is 44.5 Å². The van der Waals surface area contributed by atoms with Gasteiger partial charge in [0.1, 0.15) is 25.0 Å². The van der Waals surface area contributed by atoms with Crippen molar-refractivity contribution in [3.05, 3.63) is 0 Å². The number of phosphoric acid groups is 1. The van der Waals surface area contributed by atoms with E-state index in [1.54, 1.807) is 0 Å². The molecule has 4 unspecified atom stereocenters. The Morgan fingerprint density at radius 2 is 0.938 bits per heavy atom. The van der Waals surface area contributed by atoms with Gasteiger partial charge in [0, 0.05) is 0 Å². The van der Waals surface area contributed by atoms with Gasteiger partial charge in [0.2, 0.25) is 0 Å². The van der Waals surface area contributed by atoms with E-state index in [-0.39, 0.29) is 13.2 Å². The van der Waals surface area contributed by atoms with Crippen molar-refractivity contribution in [1.82, 2.24) is 0 Å². The van der Waals surface area contributed by atoms with E-state index in [1.165, 1.54) is 7.11 Å². The molecule has 11 nitrogen and oxygen atoms in total. The number of oxime groups is 1. The molecule has 0 N–H and O–H groups in total. The van der Waals surface area contributed by atoms with Crippen molar-refractivity contribution < 1.29 is 44.5 Å². The van der Waals surface area contributed by atoms with Gasteiger partial charge in [-0.3, -0.25) is 4.52 Å². The highest BCUT2D eigenvalue weighted by molar-refractivity contribution is 7.52. The van der Waals surface area contributed by atoms with E-state index >= 15 is 0 Å². The number of rotatable bonds is 23. The van der Waals surface area contributed by atoms with E-state index in [1.807, 2.05) is 39.3 Å². The Kier molecular flexibility index (Phi) is 18.6. The summed E-state index contributed by atoms with van der Waals surface area (Å²) in [5.74, 6) is 0. The summed E-state index contributed by atoms with van der Waals surface area (Å²) in [7, 11) is -18.2. The predicted octanol–water partition coefficient (Wildman–Crippen LogP) is 9.55. The van der Waals surface area contributed by atoms with Crippen LogP contribution in [0, 0.1) is 0 Å². The lowest BCUT2D eigenvalue weighted by Crippen LogP contribution is -2.61. The Bertz CT molecular complexity index is 1030. The molecule has 0 radical (unpaired) electrons. The van der Waals surface area contributed by atoms with Gasteiger partial charge in [0.25, 0.3) is 0 Å². The van der Waals surface area contributed by atoms with Gasteiger partial charge in [0.05, 0.1) is 25.4 Å². The molecule has 0 saturated heterocycles. The Balaban J connectivity index is 7.64. The summed E-state index contributed by atoms with van der Waals surface area (Å²) < 4.78 is 67.5. The van der Waals surface area contributed by atoms with E-state index < -0.39 is 90.5 Å². The third-order valence-corrected chi connectivity index (χ3v) is 16.9. The quantitative estimate of drug-likeness (QED) is 0.0428. The van der Waals surface area contributed by atoms with Crippen molar-refractivity contribution in [2.24, 2.45) is 5.16 Å². The van der Waals surface area contributed by atoms with Crippen molar-refractivity contribution >= 4 is 71.8 Å². The molecular formula is C29H74NO10PSi7. The molecule has 0 aliphatic carbocycles. The standard InChI is InChI=1S/C29H74NO10PSi7/c1-32-30-25(23-34-42(2,3)4)27(36-44(8,9)10)29(38-46(14,15)16)28(37-45(11,12)13)26(35-43(5,6)7)24-33-41(31,39-47(17,18)19)40-48(20,21)22/h26-29H,23-24H2,1-22H3/b30-25+. The molecule has 4 atom stereocenters. The van der Waals surface area contributed by atoms with E-state index in [0.29, 0.717) is 5.71 Å². The minimum Gasteiger partial charge on any atom is -0.412 e. The van der Waals surface area contributed by atoms with Gasteiger partial charge in [-0.05, 0) is 137 Å². The fourth-order valence-electron chi connectivity index (χ4n) is 4.30. The van der Waals surface area contributed by atoms with Crippen molar-refractivity contribution in [3.63, 3.8) is 0 Å². The van der Waals surface area contributed by atoms with Crippen molar-refractivity contribution in [3.8, 4) is 0 Å². The van der Waals surface area contributed by atoms with E-state index in [2.05, 4.69) is 103 Å². The summed E-state index contributed by atoms with van der Waals surface area (Å²) in [6, 6.07) is 0. The predicted molar refractivity (Wildman–Crippen MR) is 219 cm³/mol. The second-order valence-corrected chi connectivity index (χ2v) is 52.5. The van der Waals surface area contributed by atoms with Crippen LogP contribution in [0.15, 0.2) is 5.16 Å². The van der Waals surface area contributed by atoms with Crippen LogP contribution < -0.4 is 0 Å². The molecular weight excluding hydrogens is 750 g/mol. The van der Waals surface area contributed by atoms with Crippen molar-refractivity contribution in [2.45, 2.75) is 162 Å². The van der Waals surface area contributed by atoms with Crippen LogP contribution in [0.4, 0.5) is 0 Å². The summed E-state index contributed by atoms with van der Waals surface area (Å²) in [6.45, 7) is 44.0. The van der Waals surface area contributed by atoms with Gasteiger partial charge in [-0.25, -0.2) is 4.57 Å². The average Bonchev–Trinajstić information content (AvgIpc) is 2.74. The first-order chi connectivity index (χ1) is 20.9. The zero-order valence-electron chi connectivity index (χ0n) is 34.7. The second kappa shape index (κ2) is 18.3. The maximum Gasteiger partial charge on any atom is 0.455 e. The Morgan fingerprint density at radius 3 is 1.27 bits per heavy atom. The zero-order valence-corrected chi connectivity index (χ0v) is 42.6. The summed E-state index contributed by atoms with van der Waals surface area (Å²) in [5.41, 5.74) is 0.595. The van der Waals surface area contributed by atoms with Crippen LogP contribution in [0.3, 0.4) is 0 Å². The number of hydrogen-bond donors (Lipinski definition) is 0. The monoisotopic (exact) mass is 823 g/mol. The highest BCUT2D eigenvalue weighted by Gasteiger charge is 2.48. The van der Waals surface area contributed by atoms with Gasteiger partial charge in [-0.15, -0.1) is 0 Å². The van der Waals surface area contributed by atoms with Gasteiger partial charge < -0.3 is 35.4 Å². The molecule has 288 valence electrons. The zero-order chi connectivity index (χ0) is 38.4. The first-order valence-corrected chi connectivity index (χ1v) is 42.4. The van der Waals surface area contributed by atoms with Crippen LogP contribution in [0.2, 0.25) is 137 Å².